The molecule has 3 aliphatic rings. The second kappa shape index (κ2) is 8.70. The zero-order chi connectivity index (χ0) is 25.8. The Labute approximate surface area is 216 Å². The molecular weight excluding hydrogens is 462 g/mol. The molecule has 2 fully saturated rings. The fraction of sp³-hybridized carbons (Fsp3) is 0.219. The highest BCUT2D eigenvalue weighted by molar-refractivity contribution is 6.23. The van der Waals surface area contributed by atoms with Crippen LogP contribution in [0.5, 0.6) is 5.75 Å². The van der Waals surface area contributed by atoms with Gasteiger partial charge in [0.1, 0.15) is 5.75 Å². The normalized spacial score (nSPS) is 23.5. The van der Waals surface area contributed by atoms with Crippen LogP contribution < -0.4 is 9.64 Å². The molecule has 1 heterocycles. The highest BCUT2D eigenvalue weighted by Crippen LogP contribution is 2.59. The molecule has 2 aliphatic carbocycles. The van der Waals surface area contributed by atoms with Crippen molar-refractivity contribution in [2.75, 3.05) is 4.90 Å². The van der Waals surface area contributed by atoms with Gasteiger partial charge in [-0.05, 0) is 48.3 Å². The standard InChI is InChI=1S/C32H27NO4/c1-18-7-11-21(12-8-18)27(22-13-9-19(2)10-14-22)28-25-15-16-26(28)30-29(25)31(35)33(32(30)36)23-5-4-6-24(17-23)37-20(3)34/h4-17,25-26,29-30H,1-3H3. The minimum atomic E-state index is -0.454. The number of carbonyl (C=O) groups excluding carboxylic acids is 3. The molecule has 2 amide bonds. The number of amides is 2. The molecule has 1 saturated heterocycles. The second-order valence-corrected chi connectivity index (χ2v) is 10.2. The van der Waals surface area contributed by atoms with Crippen molar-refractivity contribution in [3.05, 3.63) is 113 Å². The van der Waals surface area contributed by atoms with Crippen molar-refractivity contribution >= 4 is 29.0 Å². The Kier molecular flexibility index (Phi) is 5.45. The SMILES string of the molecule is CC(=O)Oc1cccc(N2C(=O)C3C4C=CC(C4=C(c4ccc(C)cc4)c4ccc(C)cc4)C3C2=O)c1. The third kappa shape index (κ3) is 3.73. The molecule has 6 rings (SSSR count). The van der Waals surface area contributed by atoms with Crippen LogP contribution in [0.4, 0.5) is 5.69 Å². The number of hydrogen-bond acceptors (Lipinski definition) is 4. The average molecular weight is 490 g/mol. The Balaban J connectivity index is 1.44. The van der Waals surface area contributed by atoms with Crippen LogP contribution in [-0.2, 0) is 14.4 Å². The van der Waals surface area contributed by atoms with Crippen LogP contribution in [0.15, 0.2) is 90.5 Å². The van der Waals surface area contributed by atoms with Crippen LogP contribution >= 0.6 is 0 Å². The van der Waals surface area contributed by atoms with E-state index in [1.807, 2.05) is 0 Å². The van der Waals surface area contributed by atoms with Crippen LogP contribution in [0, 0.1) is 37.5 Å². The van der Waals surface area contributed by atoms with Gasteiger partial charge in [0.25, 0.3) is 0 Å². The number of allylic oxidation sites excluding steroid dienone is 3. The number of anilines is 1. The summed E-state index contributed by atoms with van der Waals surface area (Å²) in [4.78, 5) is 40.3. The van der Waals surface area contributed by atoms with E-state index in [0.29, 0.717) is 11.4 Å². The van der Waals surface area contributed by atoms with Gasteiger partial charge in [-0.15, -0.1) is 0 Å². The van der Waals surface area contributed by atoms with E-state index in [0.717, 1.165) is 22.3 Å². The van der Waals surface area contributed by atoms with Crippen LogP contribution in [0.1, 0.15) is 29.2 Å². The molecule has 0 spiro atoms. The molecule has 0 aromatic heterocycles. The average Bonchev–Trinajstić information content (AvgIpc) is 3.50. The van der Waals surface area contributed by atoms with Gasteiger partial charge in [-0.25, -0.2) is 4.90 Å². The lowest BCUT2D eigenvalue weighted by Gasteiger charge is -2.22. The van der Waals surface area contributed by atoms with Gasteiger partial charge in [-0.2, -0.15) is 0 Å². The Morgan fingerprint density at radius 3 is 1.76 bits per heavy atom. The Morgan fingerprint density at radius 1 is 0.757 bits per heavy atom. The summed E-state index contributed by atoms with van der Waals surface area (Å²) in [5, 5.41) is 0. The van der Waals surface area contributed by atoms with Crippen molar-refractivity contribution in [3.63, 3.8) is 0 Å². The van der Waals surface area contributed by atoms with Gasteiger partial charge in [0.15, 0.2) is 0 Å². The molecule has 1 saturated carbocycles. The number of fused-ring (bicyclic) bond motifs is 5. The highest BCUT2D eigenvalue weighted by Gasteiger charge is 2.62. The topological polar surface area (TPSA) is 63.7 Å². The monoisotopic (exact) mass is 489 g/mol. The van der Waals surface area contributed by atoms with E-state index in [-0.39, 0.29) is 23.7 Å². The van der Waals surface area contributed by atoms with E-state index in [9.17, 15) is 14.4 Å². The van der Waals surface area contributed by atoms with E-state index < -0.39 is 17.8 Å². The maximum absolute atomic E-state index is 13.8. The zero-order valence-corrected chi connectivity index (χ0v) is 21.0. The number of esters is 1. The lowest BCUT2D eigenvalue weighted by atomic mass is 9.85. The molecule has 4 atom stereocenters. The molecule has 0 N–H and O–H groups in total. The highest BCUT2D eigenvalue weighted by atomic mass is 16.5. The largest absolute Gasteiger partial charge is 0.427 e. The van der Waals surface area contributed by atoms with E-state index in [2.05, 4.69) is 74.5 Å². The Hall–Kier alpha value is -4.25. The first-order valence-corrected chi connectivity index (χ1v) is 12.6. The van der Waals surface area contributed by atoms with Crippen LogP contribution in [-0.4, -0.2) is 17.8 Å². The smallest absolute Gasteiger partial charge is 0.308 e. The molecule has 37 heavy (non-hydrogen) atoms. The Bertz CT molecular complexity index is 1410. The summed E-state index contributed by atoms with van der Waals surface area (Å²) >= 11 is 0. The fourth-order valence-corrected chi connectivity index (χ4v) is 6.14. The molecule has 184 valence electrons. The molecule has 4 unspecified atom stereocenters. The molecular formula is C32H27NO4. The zero-order valence-electron chi connectivity index (χ0n) is 21.0. The van der Waals surface area contributed by atoms with Crippen molar-refractivity contribution in [1.82, 2.24) is 0 Å². The summed E-state index contributed by atoms with van der Waals surface area (Å²) in [6, 6.07) is 23.5. The first kappa shape index (κ1) is 23.2. The molecule has 5 nitrogen and oxygen atoms in total. The summed E-state index contributed by atoms with van der Waals surface area (Å²) in [7, 11) is 0. The van der Waals surface area contributed by atoms with E-state index in [4.69, 9.17) is 4.74 Å². The third-order valence-corrected chi connectivity index (χ3v) is 7.72. The predicted molar refractivity (Wildman–Crippen MR) is 142 cm³/mol. The minimum Gasteiger partial charge on any atom is -0.427 e. The number of benzene rings is 3. The van der Waals surface area contributed by atoms with Crippen LogP contribution in [0.3, 0.4) is 0 Å². The summed E-state index contributed by atoms with van der Waals surface area (Å²) in [6.45, 7) is 5.45. The molecule has 0 radical (unpaired) electrons. The van der Waals surface area contributed by atoms with Crippen LogP contribution in [0.2, 0.25) is 0 Å². The van der Waals surface area contributed by atoms with Crippen molar-refractivity contribution in [2.24, 2.45) is 23.7 Å². The third-order valence-electron chi connectivity index (χ3n) is 7.72. The van der Waals surface area contributed by atoms with Crippen molar-refractivity contribution in [1.29, 1.82) is 0 Å². The summed E-state index contributed by atoms with van der Waals surface area (Å²) in [5.41, 5.74) is 7.24. The van der Waals surface area contributed by atoms with Gasteiger partial charge >= 0.3 is 5.97 Å². The number of nitrogens with zero attached hydrogens (tertiary/aromatic N) is 1. The lowest BCUT2D eigenvalue weighted by Crippen LogP contribution is -2.33. The second-order valence-electron chi connectivity index (χ2n) is 10.2. The minimum absolute atomic E-state index is 0.147. The molecule has 3 aromatic rings. The Morgan fingerprint density at radius 2 is 1.27 bits per heavy atom. The number of imide groups is 1. The number of aryl methyl sites for hydroxylation is 2. The maximum atomic E-state index is 13.8. The first-order chi connectivity index (χ1) is 17.8. The first-order valence-electron chi connectivity index (χ1n) is 12.6. The van der Waals surface area contributed by atoms with Gasteiger partial charge in [0.2, 0.25) is 11.8 Å². The number of rotatable bonds is 4. The van der Waals surface area contributed by atoms with Crippen LogP contribution in [0.25, 0.3) is 5.57 Å². The van der Waals surface area contributed by atoms with E-state index in [1.54, 1.807) is 24.3 Å². The van der Waals surface area contributed by atoms with Gasteiger partial charge in [0.05, 0.1) is 17.5 Å². The number of hydrogen-bond donors (Lipinski definition) is 0. The van der Waals surface area contributed by atoms with Gasteiger partial charge < -0.3 is 4.74 Å². The fourth-order valence-electron chi connectivity index (χ4n) is 6.14. The molecule has 3 aromatic carbocycles. The number of carbonyl (C=O) groups is 3. The maximum Gasteiger partial charge on any atom is 0.308 e. The summed E-state index contributed by atoms with van der Waals surface area (Å²) in [5.74, 6) is -1.72. The molecule has 1 aliphatic heterocycles. The summed E-state index contributed by atoms with van der Waals surface area (Å²) < 4.78 is 5.19. The van der Waals surface area contributed by atoms with Gasteiger partial charge in [-0.1, -0.05) is 77.9 Å². The predicted octanol–water partition coefficient (Wildman–Crippen LogP) is 5.65. The van der Waals surface area contributed by atoms with Crippen molar-refractivity contribution < 1.29 is 19.1 Å². The van der Waals surface area contributed by atoms with Gasteiger partial charge in [0, 0.05) is 24.8 Å². The number of ether oxygens (including phenoxy) is 1. The molecule has 2 bridgehead atoms. The van der Waals surface area contributed by atoms with E-state index in [1.165, 1.54) is 23.0 Å². The van der Waals surface area contributed by atoms with Gasteiger partial charge in [-0.3, -0.25) is 14.4 Å². The van der Waals surface area contributed by atoms with E-state index >= 15 is 0 Å². The summed E-state index contributed by atoms with van der Waals surface area (Å²) in [6.07, 6.45) is 4.21. The lowest BCUT2D eigenvalue weighted by molar-refractivity contribution is -0.132. The quantitative estimate of drug-likeness (QED) is 0.206. The molecule has 5 heteroatoms. The van der Waals surface area contributed by atoms with Crippen molar-refractivity contribution in [2.45, 2.75) is 20.8 Å². The van der Waals surface area contributed by atoms with Crippen molar-refractivity contribution in [3.8, 4) is 5.75 Å².